The molecule has 2 rings (SSSR count). The van der Waals surface area contributed by atoms with E-state index in [4.69, 9.17) is 4.74 Å². The molecule has 0 unspecified atom stereocenters. The minimum absolute atomic E-state index is 0.0352. The molecule has 1 fully saturated rings. The topological polar surface area (TPSA) is 58.6 Å². The van der Waals surface area contributed by atoms with Gasteiger partial charge in [-0.2, -0.15) is 0 Å². The predicted octanol–water partition coefficient (Wildman–Crippen LogP) is 1.86. The lowest BCUT2D eigenvalue weighted by atomic mass is 9.80. The lowest BCUT2D eigenvalue weighted by molar-refractivity contribution is -0.125. The van der Waals surface area contributed by atoms with Gasteiger partial charge in [0, 0.05) is 11.0 Å². The first-order valence-electron chi connectivity index (χ1n) is 5.95. The zero-order valence-electron chi connectivity index (χ0n) is 9.99. The molecule has 1 aliphatic carbocycles. The van der Waals surface area contributed by atoms with Gasteiger partial charge in [-0.1, -0.05) is 22.0 Å². The molecule has 1 aromatic carbocycles. The van der Waals surface area contributed by atoms with Gasteiger partial charge < -0.3 is 15.2 Å². The van der Waals surface area contributed by atoms with Crippen molar-refractivity contribution in [3.63, 3.8) is 0 Å². The van der Waals surface area contributed by atoms with Gasteiger partial charge in [-0.15, -0.1) is 0 Å². The van der Waals surface area contributed by atoms with Crippen molar-refractivity contribution in [1.82, 2.24) is 5.32 Å². The Kier molecular flexibility index (Phi) is 4.24. The first kappa shape index (κ1) is 13.4. The summed E-state index contributed by atoms with van der Waals surface area (Å²) in [7, 11) is 0. The first-order valence-corrected chi connectivity index (χ1v) is 6.74. The van der Waals surface area contributed by atoms with Crippen molar-refractivity contribution in [2.45, 2.75) is 24.9 Å². The highest BCUT2D eigenvalue weighted by Gasteiger charge is 2.34. The van der Waals surface area contributed by atoms with Gasteiger partial charge >= 0.3 is 0 Å². The summed E-state index contributed by atoms with van der Waals surface area (Å²) in [5.74, 6) is 0.428. The Balaban J connectivity index is 1.71. The monoisotopic (exact) mass is 313 g/mol. The normalized spacial score (nSPS) is 16.8. The lowest BCUT2D eigenvalue weighted by Crippen LogP contribution is -2.48. The fourth-order valence-corrected chi connectivity index (χ4v) is 2.16. The standard InChI is InChI=1S/C13H16BrNO3/c14-10-3-1-4-11(7-10)18-8-12(16)15-9-13(17)5-2-6-13/h1,3-4,7,17H,2,5-6,8-9H2,(H,15,16). The van der Waals surface area contributed by atoms with E-state index < -0.39 is 5.60 Å². The molecule has 18 heavy (non-hydrogen) atoms. The second-order valence-corrected chi connectivity index (χ2v) is 5.52. The number of ether oxygens (including phenoxy) is 1. The van der Waals surface area contributed by atoms with Gasteiger partial charge in [-0.25, -0.2) is 0 Å². The highest BCUT2D eigenvalue weighted by Crippen LogP contribution is 2.30. The lowest BCUT2D eigenvalue weighted by Gasteiger charge is -2.36. The van der Waals surface area contributed by atoms with E-state index in [1.165, 1.54) is 0 Å². The van der Waals surface area contributed by atoms with Crippen LogP contribution in [0.1, 0.15) is 19.3 Å². The predicted molar refractivity (Wildman–Crippen MR) is 71.4 cm³/mol. The van der Waals surface area contributed by atoms with Crippen LogP contribution in [0, 0.1) is 0 Å². The smallest absolute Gasteiger partial charge is 0.258 e. The maximum absolute atomic E-state index is 11.5. The summed E-state index contributed by atoms with van der Waals surface area (Å²) in [4.78, 5) is 11.5. The Morgan fingerprint density at radius 2 is 2.28 bits per heavy atom. The molecule has 0 heterocycles. The molecule has 2 N–H and O–H groups in total. The molecule has 0 radical (unpaired) electrons. The molecule has 0 aliphatic heterocycles. The maximum atomic E-state index is 11.5. The van der Waals surface area contributed by atoms with E-state index in [1.807, 2.05) is 12.1 Å². The number of hydrogen-bond donors (Lipinski definition) is 2. The Morgan fingerprint density at radius 1 is 1.50 bits per heavy atom. The largest absolute Gasteiger partial charge is 0.484 e. The molecule has 0 atom stereocenters. The van der Waals surface area contributed by atoms with E-state index in [1.54, 1.807) is 12.1 Å². The zero-order chi connectivity index (χ0) is 13.0. The Labute approximate surface area is 114 Å². The molecule has 1 amide bonds. The summed E-state index contributed by atoms with van der Waals surface area (Å²) in [5.41, 5.74) is -0.689. The SMILES string of the molecule is O=C(COc1cccc(Br)c1)NCC1(O)CCC1. The number of rotatable bonds is 5. The van der Waals surface area contributed by atoms with Crippen molar-refractivity contribution in [3.05, 3.63) is 28.7 Å². The fraction of sp³-hybridized carbons (Fsp3) is 0.462. The number of halogens is 1. The average Bonchev–Trinajstić information content (AvgIpc) is 2.31. The number of hydrogen-bond acceptors (Lipinski definition) is 3. The van der Waals surface area contributed by atoms with Crippen LogP contribution in [0.4, 0.5) is 0 Å². The highest BCUT2D eigenvalue weighted by atomic mass is 79.9. The van der Waals surface area contributed by atoms with Crippen molar-refractivity contribution in [2.75, 3.05) is 13.2 Å². The molecule has 1 aliphatic rings. The Bertz CT molecular complexity index is 432. The zero-order valence-corrected chi connectivity index (χ0v) is 11.6. The van der Waals surface area contributed by atoms with Gasteiger partial charge in [0.1, 0.15) is 5.75 Å². The van der Waals surface area contributed by atoms with Gasteiger partial charge in [0.2, 0.25) is 0 Å². The second-order valence-electron chi connectivity index (χ2n) is 4.60. The molecule has 5 heteroatoms. The van der Waals surface area contributed by atoms with E-state index in [0.717, 1.165) is 23.7 Å². The molecule has 4 nitrogen and oxygen atoms in total. The van der Waals surface area contributed by atoms with E-state index in [2.05, 4.69) is 21.2 Å². The average molecular weight is 314 g/mol. The van der Waals surface area contributed by atoms with E-state index in [-0.39, 0.29) is 12.5 Å². The van der Waals surface area contributed by atoms with Crippen LogP contribution in [0.25, 0.3) is 0 Å². The van der Waals surface area contributed by atoms with Crippen LogP contribution in [0.2, 0.25) is 0 Å². The van der Waals surface area contributed by atoms with Crippen LogP contribution in [0.3, 0.4) is 0 Å². The minimum Gasteiger partial charge on any atom is -0.484 e. The fourth-order valence-electron chi connectivity index (χ4n) is 1.78. The van der Waals surface area contributed by atoms with Crippen LogP contribution in [0.5, 0.6) is 5.75 Å². The summed E-state index contributed by atoms with van der Waals surface area (Å²) in [6.45, 7) is 0.278. The van der Waals surface area contributed by atoms with E-state index in [9.17, 15) is 9.90 Å². The summed E-state index contributed by atoms with van der Waals surface area (Å²) in [6, 6.07) is 7.32. The number of amides is 1. The summed E-state index contributed by atoms with van der Waals surface area (Å²) < 4.78 is 6.25. The van der Waals surface area contributed by atoms with Gasteiger partial charge in [0.15, 0.2) is 6.61 Å². The molecule has 0 bridgehead atoms. The van der Waals surface area contributed by atoms with Gasteiger partial charge in [0.05, 0.1) is 5.60 Å². The van der Waals surface area contributed by atoms with Crippen molar-refractivity contribution in [2.24, 2.45) is 0 Å². The molecule has 98 valence electrons. The summed E-state index contributed by atoms with van der Waals surface area (Å²) in [6.07, 6.45) is 2.56. The first-order chi connectivity index (χ1) is 8.57. The summed E-state index contributed by atoms with van der Waals surface area (Å²) in [5, 5.41) is 12.5. The number of benzene rings is 1. The van der Waals surface area contributed by atoms with Gasteiger partial charge in [0.25, 0.3) is 5.91 Å². The van der Waals surface area contributed by atoms with Gasteiger partial charge in [-0.05, 0) is 37.5 Å². The number of nitrogens with one attached hydrogen (secondary N) is 1. The number of aliphatic hydroxyl groups is 1. The molecular weight excluding hydrogens is 298 g/mol. The van der Waals surface area contributed by atoms with Crippen molar-refractivity contribution in [1.29, 1.82) is 0 Å². The Morgan fingerprint density at radius 3 is 2.89 bits per heavy atom. The maximum Gasteiger partial charge on any atom is 0.258 e. The number of carbonyl (C=O) groups excluding carboxylic acids is 1. The van der Waals surface area contributed by atoms with Crippen molar-refractivity contribution < 1.29 is 14.6 Å². The van der Waals surface area contributed by atoms with Crippen LogP contribution >= 0.6 is 15.9 Å². The summed E-state index contributed by atoms with van der Waals surface area (Å²) >= 11 is 3.33. The second kappa shape index (κ2) is 5.71. The third-order valence-corrected chi connectivity index (χ3v) is 3.56. The van der Waals surface area contributed by atoms with Crippen molar-refractivity contribution >= 4 is 21.8 Å². The minimum atomic E-state index is -0.689. The van der Waals surface area contributed by atoms with Crippen LogP contribution in [0.15, 0.2) is 28.7 Å². The molecule has 0 spiro atoms. The molecule has 1 aromatic rings. The third-order valence-electron chi connectivity index (χ3n) is 3.06. The van der Waals surface area contributed by atoms with Gasteiger partial charge in [-0.3, -0.25) is 4.79 Å². The Hall–Kier alpha value is -1.07. The van der Waals surface area contributed by atoms with Crippen molar-refractivity contribution in [3.8, 4) is 5.75 Å². The molecular formula is C13H16BrNO3. The molecule has 0 aromatic heterocycles. The highest BCUT2D eigenvalue weighted by molar-refractivity contribution is 9.10. The van der Waals surface area contributed by atoms with E-state index >= 15 is 0 Å². The number of carbonyl (C=O) groups is 1. The van der Waals surface area contributed by atoms with Crippen LogP contribution in [-0.2, 0) is 4.79 Å². The molecule has 1 saturated carbocycles. The van der Waals surface area contributed by atoms with Crippen LogP contribution in [-0.4, -0.2) is 29.8 Å². The van der Waals surface area contributed by atoms with E-state index in [0.29, 0.717) is 12.3 Å². The third kappa shape index (κ3) is 3.71. The molecule has 0 saturated heterocycles. The quantitative estimate of drug-likeness (QED) is 0.872. The van der Waals surface area contributed by atoms with Crippen LogP contribution < -0.4 is 10.1 Å².